The number of benzene rings is 2. The van der Waals surface area contributed by atoms with Crippen LogP contribution in [0.25, 0.3) is 33.1 Å². The molecule has 0 aliphatic rings. The first kappa shape index (κ1) is 13.0. The molecule has 0 spiro atoms. The Kier molecular flexibility index (Phi) is 2.73. The van der Waals surface area contributed by atoms with Crippen LogP contribution >= 0.6 is 0 Å². The van der Waals surface area contributed by atoms with Crippen LogP contribution in [0.4, 0.5) is 8.78 Å². The molecular formula is C18H12F2N2. The Morgan fingerprint density at radius 3 is 2.77 bits per heavy atom. The Morgan fingerprint density at radius 1 is 1.05 bits per heavy atom. The smallest absolute Gasteiger partial charge is 0.149 e. The Balaban J connectivity index is 2.01. The van der Waals surface area contributed by atoms with E-state index in [1.54, 1.807) is 12.3 Å². The van der Waals surface area contributed by atoms with E-state index >= 15 is 0 Å². The van der Waals surface area contributed by atoms with Gasteiger partial charge in [-0.15, -0.1) is 0 Å². The van der Waals surface area contributed by atoms with E-state index in [9.17, 15) is 8.78 Å². The largest absolute Gasteiger partial charge is 0.360 e. The average molecular weight is 294 g/mol. The van der Waals surface area contributed by atoms with Crippen molar-refractivity contribution >= 4 is 21.8 Å². The summed E-state index contributed by atoms with van der Waals surface area (Å²) in [6, 6.07) is 11.5. The van der Waals surface area contributed by atoms with Crippen LogP contribution in [0.5, 0.6) is 0 Å². The van der Waals surface area contributed by atoms with Crippen LogP contribution in [0.3, 0.4) is 0 Å². The summed E-state index contributed by atoms with van der Waals surface area (Å²) in [5, 5.41) is 1.49. The topological polar surface area (TPSA) is 28.7 Å². The molecule has 108 valence electrons. The Hall–Kier alpha value is -2.75. The number of aryl methyl sites for hydroxylation is 1. The number of aromatic amines is 1. The molecule has 4 aromatic rings. The lowest BCUT2D eigenvalue weighted by Gasteiger charge is -2.04. The monoisotopic (exact) mass is 294 g/mol. The first-order valence-electron chi connectivity index (χ1n) is 6.96. The molecule has 0 atom stereocenters. The van der Waals surface area contributed by atoms with Crippen LogP contribution in [0.2, 0.25) is 0 Å². The van der Waals surface area contributed by atoms with Crippen molar-refractivity contribution < 1.29 is 8.78 Å². The number of halogens is 2. The molecule has 4 rings (SSSR count). The van der Waals surface area contributed by atoms with E-state index < -0.39 is 0 Å². The Labute approximate surface area is 125 Å². The van der Waals surface area contributed by atoms with E-state index in [-0.39, 0.29) is 11.6 Å². The fourth-order valence-corrected chi connectivity index (χ4v) is 2.84. The van der Waals surface area contributed by atoms with Gasteiger partial charge in [-0.1, -0.05) is 18.2 Å². The van der Waals surface area contributed by atoms with Gasteiger partial charge in [0.05, 0.1) is 5.69 Å². The van der Waals surface area contributed by atoms with Crippen molar-refractivity contribution in [3.05, 3.63) is 65.9 Å². The maximum Gasteiger partial charge on any atom is 0.149 e. The zero-order chi connectivity index (χ0) is 15.3. The molecule has 0 bridgehead atoms. The first-order valence-corrected chi connectivity index (χ1v) is 6.96. The van der Waals surface area contributed by atoms with Crippen molar-refractivity contribution in [2.75, 3.05) is 0 Å². The zero-order valence-corrected chi connectivity index (χ0v) is 11.8. The highest BCUT2D eigenvalue weighted by Crippen LogP contribution is 2.31. The van der Waals surface area contributed by atoms with Gasteiger partial charge in [-0.2, -0.15) is 0 Å². The van der Waals surface area contributed by atoms with Gasteiger partial charge in [-0.05, 0) is 36.8 Å². The molecule has 0 unspecified atom stereocenters. The summed E-state index contributed by atoms with van der Waals surface area (Å²) in [7, 11) is 0. The van der Waals surface area contributed by atoms with Crippen LogP contribution in [0, 0.1) is 18.6 Å². The molecule has 0 fully saturated rings. The van der Waals surface area contributed by atoms with Gasteiger partial charge in [0.1, 0.15) is 17.2 Å². The first-order chi connectivity index (χ1) is 10.6. The predicted molar refractivity (Wildman–Crippen MR) is 83.7 cm³/mol. The summed E-state index contributed by atoms with van der Waals surface area (Å²) >= 11 is 0. The summed E-state index contributed by atoms with van der Waals surface area (Å²) in [4.78, 5) is 7.55. The molecule has 2 heterocycles. The highest BCUT2D eigenvalue weighted by atomic mass is 19.1. The number of hydrogen-bond acceptors (Lipinski definition) is 1. The van der Waals surface area contributed by atoms with Crippen LogP contribution in [-0.4, -0.2) is 9.97 Å². The van der Waals surface area contributed by atoms with Crippen LogP contribution in [0.1, 0.15) is 5.56 Å². The fourth-order valence-electron chi connectivity index (χ4n) is 2.84. The molecule has 0 aliphatic carbocycles. The molecule has 0 saturated heterocycles. The summed E-state index contributed by atoms with van der Waals surface area (Å²) in [5.74, 6) is -0.653. The van der Waals surface area contributed by atoms with Crippen molar-refractivity contribution in [2.24, 2.45) is 0 Å². The number of H-pyrrole nitrogens is 1. The maximum atomic E-state index is 13.9. The number of nitrogens with one attached hydrogen (secondary N) is 1. The standard InChI is InChI=1S/C18H12F2N2/c1-10-7-12(19)8-13-14(9-21-17(10)13)16-6-5-11-3-2-4-15(20)18(11)22-16/h2-9,21H,1H3. The second kappa shape index (κ2) is 4.63. The van der Waals surface area contributed by atoms with E-state index in [1.807, 2.05) is 25.1 Å². The highest BCUT2D eigenvalue weighted by Gasteiger charge is 2.12. The van der Waals surface area contributed by atoms with Crippen molar-refractivity contribution in [3.63, 3.8) is 0 Å². The molecule has 1 N–H and O–H groups in total. The highest BCUT2D eigenvalue weighted by molar-refractivity contribution is 5.97. The van der Waals surface area contributed by atoms with E-state index in [4.69, 9.17) is 0 Å². The molecule has 0 radical (unpaired) electrons. The van der Waals surface area contributed by atoms with E-state index in [1.165, 1.54) is 18.2 Å². The minimum atomic E-state index is -0.360. The molecule has 0 amide bonds. The second-order valence-corrected chi connectivity index (χ2v) is 5.36. The fraction of sp³-hybridized carbons (Fsp3) is 0.0556. The number of hydrogen-bond donors (Lipinski definition) is 1. The van der Waals surface area contributed by atoms with Gasteiger partial charge in [-0.25, -0.2) is 13.8 Å². The van der Waals surface area contributed by atoms with E-state index in [2.05, 4.69) is 9.97 Å². The van der Waals surface area contributed by atoms with Gasteiger partial charge in [0, 0.05) is 28.0 Å². The lowest BCUT2D eigenvalue weighted by Crippen LogP contribution is -1.88. The summed E-state index contributed by atoms with van der Waals surface area (Å²) in [6.07, 6.45) is 1.78. The third kappa shape index (κ3) is 1.88. The number of fused-ring (bicyclic) bond motifs is 2. The quantitative estimate of drug-likeness (QED) is 0.527. The molecule has 0 saturated carbocycles. The number of aromatic nitrogens is 2. The van der Waals surface area contributed by atoms with Crippen LogP contribution < -0.4 is 0 Å². The van der Waals surface area contributed by atoms with Crippen LogP contribution in [0.15, 0.2) is 48.7 Å². The molecule has 2 aromatic carbocycles. The van der Waals surface area contributed by atoms with Gasteiger partial charge in [-0.3, -0.25) is 0 Å². The van der Waals surface area contributed by atoms with Gasteiger partial charge >= 0.3 is 0 Å². The number of pyridine rings is 1. The van der Waals surface area contributed by atoms with Crippen molar-refractivity contribution in [1.82, 2.24) is 9.97 Å². The average Bonchev–Trinajstić information content (AvgIpc) is 2.91. The molecule has 4 heteroatoms. The predicted octanol–water partition coefficient (Wildman–Crippen LogP) is 4.97. The summed E-state index contributed by atoms with van der Waals surface area (Å²) < 4.78 is 27.6. The van der Waals surface area contributed by atoms with Crippen LogP contribution in [-0.2, 0) is 0 Å². The lowest BCUT2D eigenvalue weighted by atomic mass is 10.1. The lowest BCUT2D eigenvalue weighted by molar-refractivity contribution is 0.628. The Bertz CT molecular complexity index is 1020. The third-order valence-corrected chi connectivity index (χ3v) is 3.90. The third-order valence-electron chi connectivity index (χ3n) is 3.90. The molecule has 2 aromatic heterocycles. The SMILES string of the molecule is Cc1cc(F)cc2c(-c3ccc4cccc(F)c4n3)c[nH]c12. The van der Waals surface area contributed by atoms with Crippen molar-refractivity contribution in [3.8, 4) is 11.3 Å². The van der Waals surface area contributed by atoms with Gasteiger partial charge in [0.2, 0.25) is 0 Å². The molecule has 22 heavy (non-hydrogen) atoms. The normalized spacial score (nSPS) is 11.4. The molecule has 2 nitrogen and oxygen atoms in total. The summed E-state index contributed by atoms with van der Waals surface area (Å²) in [5.41, 5.74) is 3.40. The molecular weight excluding hydrogens is 282 g/mol. The number of nitrogens with zero attached hydrogens (tertiary/aromatic N) is 1. The summed E-state index contributed by atoms with van der Waals surface area (Å²) in [6.45, 7) is 1.85. The van der Waals surface area contributed by atoms with Crippen molar-refractivity contribution in [2.45, 2.75) is 6.92 Å². The van der Waals surface area contributed by atoms with E-state index in [0.717, 1.165) is 27.4 Å². The number of rotatable bonds is 1. The number of para-hydroxylation sites is 1. The zero-order valence-electron chi connectivity index (χ0n) is 11.8. The minimum absolute atomic E-state index is 0.294. The van der Waals surface area contributed by atoms with Crippen molar-refractivity contribution in [1.29, 1.82) is 0 Å². The van der Waals surface area contributed by atoms with E-state index in [0.29, 0.717) is 11.2 Å². The second-order valence-electron chi connectivity index (χ2n) is 5.36. The van der Waals surface area contributed by atoms with Gasteiger partial charge in [0.25, 0.3) is 0 Å². The molecule has 0 aliphatic heterocycles. The Morgan fingerprint density at radius 2 is 1.91 bits per heavy atom. The van der Waals surface area contributed by atoms with Gasteiger partial charge < -0.3 is 4.98 Å². The minimum Gasteiger partial charge on any atom is -0.360 e. The van der Waals surface area contributed by atoms with Gasteiger partial charge in [0.15, 0.2) is 0 Å². The maximum absolute atomic E-state index is 13.9.